The van der Waals surface area contributed by atoms with Gasteiger partial charge in [-0.15, -0.1) is 0 Å². The van der Waals surface area contributed by atoms with Crippen LogP contribution in [0.5, 0.6) is 0 Å². The fraction of sp³-hybridized carbons (Fsp3) is 0.615. The number of ether oxygens (including phenoxy) is 1. The summed E-state index contributed by atoms with van der Waals surface area (Å²) in [4.78, 5) is 31.1. The molecule has 0 bridgehead atoms. The van der Waals surface area contributed by atoms with Crippen LogP contribution in [0, 0.1) is 24.2 Å². The van der Waals surface area contributed by atoms with Gasteiger partial charge in [0.15, 0.2) is 0 Å². The normalized spacial score (nSPS) is 18.1. The number of aromatic nitrogens is 1. The second kappa shape index (κ2) is 12.7. The second-order valence-electron chi connectivity index (χ2n) is 9.21. The summed E-state index contributed by atoms with van der Waals surface area (Å²) in [5.41, 5.74) is 1.31. The molecular formula is C26H36N4O3S2. The number of piperidine rings is 1. The molecule has 2 aliphatic heterocycles. The average Bonchev–Trinajstić information content (AvgIpc) is 3.11. The van der Waals surface area contributed by atoms with Crippen LogP contribution in [0.15, 0.2) is 9.70 Å². The van der Waals surface area contributed by atoms with E-state index >= 15 is 0 Å². The molecule has 35 heavy (non-hydrogen) atoms. The maximum atomic E-state index is 13.4. The molecule has 0 aliphatic carbocycles. The van der Waals surface area contributed by atoms with Crippen LogP contribution >= 0.6 is 24.0 Å². The molecule has 2 fully saturated rings. The van der Waals surface area contributed by atoms with Crippen molar-refractivity contribution in [2.75, 3.05) is 37.7 Å². The van der Waals surface area contributed by atoms with Crippen LogP contribution in [-0.4, -0.2) is 52.5 Å². The number of amides is 1. The third-order valence-electron chi connectivity index (χ3n) is 6.69. The van der Waals surface area contributed by atoms with Crippen LogP contribution in [0.1, 0.15) is 69.6 Å². The topological polar surface area (TPSA) is 78.6 Å². The summed E-state index contributed by atoms with van der Waals surface area (Å²) in [6, 6.07) is 2.13. The Morgan fingerprint density at radius 3 is 2.54 bits per heavy atom. The van der Waals surface area contributed by atoms with Gasteiger partial charge in [0.25, 0.3) is 11.5 Å². The number of anilines is 1. The minimum absolute atomic E-state index is 0.126. The van der Waals surface area contributed by atoms with Crippen molar-refractivity contribution < 1.29 is 9.53 Å². The van der Waals surface area contributed by atoms with Crippen LogP contribution in [0.3, 0.4) is 0 Å². The van der Waals surface area contributed by atoms with Crippen LogP contribution in [-0.2, 0) is 16.1 Å². The third-order valence-corrected chi connectivity index (χ3v) is 8.07. The van der Waals surface area contributed by atoms with Gasteiger partial charge in [0.1, 0.15) is 21.8 Å². The lowest BCUT2D eigenvalue weighted by Crippen LogP contribution is -2.39. The molecule has 0 spiro atoms. The van der Waals surface area contributed by atoms with Crippen LogP contribution in [0.2, 0.25) is 0 Å². The molecule has 3 heterocycles. The Kier molecular flexibility index (Phi) is 9.96. The summed E-state index contributed by atoms with van der Waals surface area (Å²) >= 11 is 6.80. The molecule has 1 amide bonds. The Hall–Kier alpha value is -2.15. The smallest absolute Gasteiger partial charge is 0.270 e. The molecule has 1 aromatic rings. The lowest BCUT2D eigenvalue weighted by Gasteiger charge is -2.35. The van der Waals surface area contributed by atoms with Crippen molar-refractivity contribution in [3.63, 3.8) is 0 Å². The molecule has 3 rings (SSSR count). The largest absolute Gasteiger partial charge is 0.382 e. The number of hydrogen-bond donors (Lipinski definition) is 0. The van der Waals surface area contributed by atoms with Crippen molar-refractivity contribution in [3.8, 4) is 6.07 Å². The van der Waals surface area contributed by atoms with Gasteiger partial charge in [-0.05, 0) is 57.1 Å². The van der Waals surface area contributed by atoms with Gasteiger partial charge >= 0.3 is 0 Å². The quantitative estimate of drug-likeness (QED) is 0.254. The first-order chi connectivity index (χ1) is 16.8. The summed E-state index contributed by atoms with van der Waals surface area (Å²) in [5, 5.41) is 9.84. The highest BCUT2D eigenvalue weighted by molar-refractivity contribution is 8.26. The van der Waals surface area contributed by atoms with E-state index in [1.54, 1.807) is 9.47 Å². The van der Waals surface area contributed by atoms with Gasteiger partial charge in [0.2, 0.25) is 0 Å². The number of hydrogen-bond acceptors (Lipinski definition) is 7. The molecule has 7 nitrogen and oxygen atoms in total. The van der Waals surface area contributed by atoms with E-state index in [9.17, 15) is 14.9 Å². The van der Waals surface area contributed by atoms with Crippen molar-refractivity contribution in [1.82, 2.24) is 9.47 Å². The molecular weight excluding hydrogens is 480 g/mol. The van der Waals surface area contributed by atoms with E-state index in [4.69, 9.17) is 17.0 Å². The first-order valence-corrected chi connectivity index (χ1v) is 13.8. The minimum Gasteiger partial charge on any atom is -0.382 e. The van der Waals surface area contributed by atoms with Gasteiger partial charge in [-0.25, -0.2) is 0 Å². The summed E-state index contributed by atoms with van der Waals surface area (Å²) in [5.74, 6) is 1.34. The standard InChI is InChI=1S/C26H36N4O3S2/c1-5-7-11-29-23(28-13-9-18(3)10-14-28)20(19(4)21(17-27)24(29)31)16-22-25(32)30(26(34)35-22)12-8-15-33-6-2/h16,18H,5-15H2,1-4H3. The van der Waals surface area contributed by atoms with E-state index in [-0.39, 0.29) is 17.0 Å². The van der Waals surface area contributed by atoms with Gasteiger partial charge in [-0.2, -0.15) is 5.26 Å². The summed E-state index contributed by atoms with van der Waals surface area (Å²) < 4.78 is 7.70. The van der Waals surface area contributed by atoms with Crippen molar-refractivity contribution in [2.24, 2.45) is 5.92 Å². The highest BCUT2D eigenvalue weighted by Crippen LogP contribution is 2.36. The zero-order valence-corrected chi connectivity index (χ0v) is 22.9. The van der Waals surface area contributed by atoms with Gasteiger partial charge < -0.3 is 9.64 Å². The Morgan fingerprint density at radius 1 is 1.20 bits per heavy atom. The van der Waals surface area contributed by atoms with Crippen molar-refractivity contribution in [1.29, 1.82) is 5.26 Å². The fourth-order valence-corrected chi connectivity index (χ4v) is 5.81. The minimum atomic E-state index is -0.243. The lowest BCUT2D eigenvalue weighted by molar-refractivity contribution is -0.122. The Balaban J connectivity index is 2.08. The summed E-state index contributed by atoms with van der Waals surface area (Å²) in [7, 11) is 0. The van der Waals surface area contributed by atoms with Crippen molar-refractivity contribution in [3.05, 3.63) is 31.9 Å². The van der Waals surface area contributed by atoms with E-state index in [0.717, 1.165) is 50.2 Å². The number of thiocarbonyl (C=S) groups is 1. The van der Waals surface area contributed by atoms with Crippen molar-refractivity contribution in [2.45, 2.75) is 66.3 Å². The Bertz CT molecular complexity index is 1080. The van der Waals surface area contributed by atoms with E-state index in [1.807, 2.05) is 19.9 Å². The third kappa shape index (κ3) is 6.16. The first kappa shape index (κ1) is 27.4. The predicted molar refractivity (Wildman–Crippen MR) is 147 cm³/mol. The van der Waals surface area contributed by atoms with Crippen LogP contribution in [0.4, 0.5) is 5.82 Å². The number of unbranched alkanes of at least 4 members (excludes halogenated alkanes) is 1. The van der Waals surface area contributed by atoms with E-state index in [2.05, 4.69) is 24.8 Å². The maximum Gasteiger partial charge on any atom is 0.270 e. The van der Waals surface area contributed by atoms with Gasteiger partial charge in [0, 0.05) is 45.0 Å². The molecule has 0 N–H and O–H groups in total. The zero-order valence-electron chi connectivity index (χ0n) is 21.3. The number of thioether (sulfide) groups is 1. The number of carbonyl (C=O) groups is 1. The number of carbonyl (C=O) groups excluding carboxylic acids is 1. The SMILES string of the molecule is CCCCn1c(N2CCC(C)CC2)c(C=C2SC(=S)N(CCCOCC)C2=O)c(C)c(C#N)c1=O. The first-order valence-electron chi connectivity index (χ1n) is 12.6. The molecule has 2 saturated heterocycles. The summed E-state index contributed by atoms with van der Waals surface area (Å²) in [6.07, 6.45) is 6.43. The van der Waals surface area contributed by atoms with Gasteiger partial charge in [-0.3, -0.25) is 19.1 Å². The highest BCUT2D eigenvalue weighted by atomic mass is 32.2. The van der Waals surface area contributed by atoms with Crippen LogP contribution < -0.4 is 10.5 Å². The van der Waals surface area contributed by atoms with Crippen LogP contribution in [0.25, 0.3) is 6.08 Å². The molecule has 0 unspecified atom stereocenters. The van der Waals surface area contributed by atoms with Gasteiger partial charge in [-0.1, -0.05) is 44.2 Å². The van der Waals surface area contributed by atoms with E-state index < -0.39 is 0 Å². The number of rotatable bonds is 10. The summed E-state index contributed by atoms with van der Waals surface area (Å²) in [6.45, 7) is 12.1. The average molecular weight is 517 g/mol. The molecule has 0 aromatic carbocycles. The Morgan fingerprint density at radius 2 is 1.91 bits per heavy atom. The number of pyridine rings is 1. The molecule has 190 valence electrons. The molecule has 9 heteroatoms. The monoisotopic (exact) mass is 516 g/mol. The van der Waals surface area contributed by atoms with E-state index in [0.29, 0.717) is 53.4 Å². The molecule has 0 atom stereocenters. The molecule has 1 aromatic heterocycles. The maximum absolute atomic E-state index is 13.4. The zero-order chi connectivity index (χ0) is 25.5. The number of nitriles is 1. The fourth-order valence-electron chi connectivity index (χ4n) is 4.52. The van der Waals surface area contributed by atoms with Gasteiger partial charge in [0.05, 0.1) is 4.91 Å². The number of nitrogens with zero attached hydrogens (tertiary/aromatic N) is 4. The highest BCUT2D eigenvalue weighted by Gasteiger charge is 2.33. The van der Waals surface area contributed by atoms with Crippen molar-refractivity contribution >= 4 is 46.1 Å². The second-order valence-corrected chi connectivity index (χ2v) is 10.9. The molecule has 0 saturated carbocycles. The van der Waals surface area contributed by atoms with E-state index in [1.165, 1.54) is 11.8 Å². The Labute approximate surface area is 218 Å². The predicted octanol–water partition coefficient (Wildman–Crippen LogP) is 4.69. The lowest BCUT2D eigenvalue weighted by atomic mass is 9.97. The molecule has 2 aliphatic rings. The molecule has 0 radical (unpaired) electrons.